The van der Waals surface area contributed by atoms with Crippen LogP contribution in [0.2, 0.25) is 0 Å². The molecule has 37 heavy (non-hydrogen) atoms. The van der Waals surface area contributed by atoms with Crippen LogP contribution in [0.3, 0.4) is 0 Å². The minimum absolute atomic E-state index is 0.286. The van der Waals surface area contributed by atoms with Gasteiger partial charge in [0.1, 0.15) is 5.82 Å². The Hall–Kier alpha value is -4.07. The first-order valence-corrected chi connectivity index (χ1v) is 13.2. The molecule has 0 aliphatic rings. The van der Waals surface area contributed by atoms with Crippen LogP contribution in [0, 0.1) is 29.5 Å². The first kappa shape index (κ1) is 26.0. The summed E-state index contributed by atoms with van der Waals surface area (Å²) in [5.41, 5.74) is 5.78. The normalized spacial score (nSPS) is 10.7. The average molecular weight is 485 g/mol. The monoisotopic (exact) mass is 484 g/mol. The number of fused-ring (bicyclic) bond motifs is 1. The molecule has 0 aromatic heterocycles. The van der Waals surface area contributed by atoms with Gasteiger partial charge in [0, 0.05) is 22.1 Å². The highest BCUT2D eigenvalue weighted by Gasteiger charge is 2.06. The fraction of sp³-hybridized carbons (Fsp3) is 0.222. The molecule has 0 bridgehead atoms. The van der Waals surface area contributed by atoms with Gasteiger partial charge in [-0.15, -0.1) is 0 Å². The molecule has 0 saturated carbocycles. The van der Waals surface area contributed by atoms with Gasteiger partial charge in [0.2, 0.25) is 0 Å². The van der Waals surface area contributed by atoms with Crippen molar-refractivity contribution in [2.75, 3.05) is 0 Å². The van der Waals surface area contributed by atoms with Crippen LogP contribution in [0.1, 0.15) is 72.9 Å². The zero-order valence-electron chi connectivity index (χ0n) is 21.8. The van der Waals surface area contributed by atoms with Crippen molar-refractivity contribution >= 4 is 10.8 Å². The van der Waals surface area contributed by atoms with Crippen LogP contribution in [0.4, 0.5) is 4.39 Å². The van der Waals surface area contributed by atoms with E-state index in [1.54, 1.807) is 12.1 Å². The summed E-state index contributed by atoms with van der Waals surface area (Å²) in [5.74, 6) is 12.3. The van der Waals surface area contributed by atoms with E-state index in [1.807, 2.05) is 37.3 Å². The Morgan fingerprint density at radius 2 is 1.30 bits per heavy atom. The van der Waals surface area contributed by atoms with Crippen LogP contribution >= 0.6 is 0 Å². The molecule has 0 aliphatic carbocycles. The SMILES string of the molecule is C/C=C/CCc1ccc(C#Cc2ccc3cc(C#Cc4ccc(CCCCC)cc4)ccc3c2F)cc1. The van der Waals surface area contributed by atoms with Gasteiger partial charge < -0.3 is 0 Å². The van der Waals surface area contributed by atoms with Gasteiger partial charge in [0.25, 0.3) is 0 Å². The molecular formula is C36H33F. The van der Waals surface area contributed by atoms with Crippen molar-refractivity contribution in [3.05, 3.63) is 130 Å². The highest BCUT2D eigenvalue weighted by molar-refractivity contribution is 5.86. The molecule has 0 heterocycles. The molecule has 4 rings (SSSR count). The first-order valence-electron chi connectivity index (χ1n) is 13.2. The number of unbranched alkanes of at least 4 members (excludes halogenated alkanes) is 2. The van der Waals surface area contributed by atoms with E-state index in [-0.39, 0.29) is 5.82 Å². The summed E-state index contributed by atoms with van der Waals surface area (Å²) < 4.78 is 15.2. The highest BCUT2D eigenvalue weighted by atomic mass is 19.1. The van der Waals surface area contributed by atoms with Crippen molar-refractivity contribution in [2.45, 2.75) is 52.4 Å². The zero-order valence-corrected chi connectivity index (χ0v) is 21.8. The van der Waals surface area contributed by atoms with E-state index in [2.05, 4.69) is 79.2 Å². The van der Waals surface area contributed by atoms with Gasteiger partial charge >= 0.3 is 0 Å². The lowest BCUT2D eigenvalue weighted by molar-refractivity contribution is 0.636. The molecule has 0 saturated heterocycles. The van der Waals surface area contributed by atoms with Crippen molar-refractivity contribution in [3.63, 3.8) is 0 Å². The summed E-state index contributed by atoms with van der Waals surface area (Å²) in [6.45, 7) is 4.26. The molecule has 0 radical (unpaired) electrons. The van der Waals surface area contributed by atoms with Crippen LogP contribution in [0.25, 0.3) is 10.8 Å². The largest absolute Gasteiger partial charge is 0.205 e. The van der Waals surface area contributed by atoms with Crippen LogP contribution in [0.15, 0.2) is 91.0 Å². The summed E-state index contributed by atoms with van der Waals surface area (Å²) in [5, 5.41) is 1.39. The molecule has 0 nitrogen and oxygen atoms in total. The maximum absolute atomic E-state index is 15.2. The maximum Gasteiger partial charge on any atom is 0.146 e. The number of hydrogen-bond donors (Lipinski definition) is 0. The second-order valence-corrected chi connectivity index (χ2v) is 9.32. The maximum atomic E-state index is 15.2. The second kappa shape index (κ2) is 13.3. The topological polar surface area (TPSA) is 0 Å². The number of halogens is 1. The third-order valence-electron chi connectivity index (χ3n) is 6.46. The van der Waals surface area contributed by atoms with Gasteiger partial charge in [-0.25, -0.2) is 4.39 Å². The third kappa shape index (κ3) is 7.46. The Kier molecular flexibility index (Phi) is 9.35. The standard InChI is InChI=1S/C36H33F/c1-3-5-7-9-28-11-15-30(16-12-28)19-20-32-22-26-35-34(27-32)25-24-33(36(35)37)23-21-31-17-13-29(14-18-31)10-8-6-4-2/h4,6,11-18,22,24-27H,3,5,7-10H2,1-2H3/b6-4+. The van der Waals surface area contributed by atoms with Gasteiger partial charge in [-0.2, -0.15) is 0 Å². The molecule has 0 amide bonds. The van der Waals surface area contributed by atoms with Gasteiger partial charge in [-0.1, -0.05) is 92.0 Å². The quantitative estimate of drug-likeness (QED) is 0.139. The molecule has 0 fully saturated rings. The first-order chi connectivity index (χ1) is 18.2. The smallest absolute Gasteiger partial charge is 0.146 e. The van der Waals surface area contributed by atoms with Crippen LogP contribution in [0.5, 0.6) is 0 Å². The van der Waals surface area contributed by atoms with E-state index in [9.17, 15) is 0 Å². The minimum atomic E-state index is -0.286. The molecular weight excluding hydrogens is 451 g/mol. The molecule has 184 valence electrons. The van der Waals surface area contributed by atoms with E-state index in [0.717, 1.165) is 41.3 Å². The summed E-state index contributed by atoms with van der Waals surface area (Å²) >= 11 is 0. The molecule has 0 spiro atoms. The van der Waals surface area contributed by atoms with Crippen molar-refractivity contribution < 1.29 is 4.39 Å². The summed E-state index contributed by atoms with van der Waals surface area (Å²) in [6, 6.07) is 26.0. The average Bonchev–Trinajstić information content (AvgIpc) is 2.93. The molecule has 0 atom stereocenters. The predicted molar refractivity (Wildman–Crippen MR) is 155 cm³/mol. The molecule has 4 aromatic rings. The van der Waals surface area contributed by atoms with Crippen molar-refractivity contribution in [2.24, 2.45) is 0 Å². The van der Waals surface area contributed by atoms with Gasteiger partial charge in [-0.3, -0.25) is 0 Å². The Bertz CT molecular complexity index is 1480. The van der Waals surface area contributed by atoms with E-state index >= 15 is 4.39 Å². The van der Waals surface area contributed by atoms with Crippen molar-refractivity contribution in [3.8, 4) is 23.7 Å². The van der Waals surface area contributed by atoms with E-state index in [0.29, 0.717) is 10.9 Å². The number of rotatable bonds is 7. The lowest BCUT2D eigenvalue weighted by Crippen LogP contribution is -1.88. The zero-order chi connectivity index (χ0) is 25.9. The van der Waals surface area contributed by atoms with Crippen molar-refractivity contribution in [1.82, 2.24) is 0 Å². The Morgan fingerprint density at radius 1 is 0.676 bits per heavy atom. The van der Waals surface area contributed by atoms with E-state index in [4.69, 9.17) is 0 Å². The van der Waals surface area contributed by atoms with Crippen LogP contribution in [-0.4, -0.2) is 0 Å². The Morgan fingerprint density at radius 3 is 1.97 bits per heavy atom. The second-order valence-electron chi connectivity index (χ2n) is 9.32. The van der Waals surface area contributed by atoms with Gasteiger partial charge in [0.05, 0.1) is 5.56 Å². The van der Waals surface area contributed by atoms with Crippen LogP contribution in [-0.2, 0) is 12.8 Å². The third-order valence-corrected chi connectivity index (χ3v) is 6.46. The number of aryl methyl sites for hydroxylation is 2. The molecule has 0 aliphatic heterocycles. The Balaban J connectivity index is 1.46. The Labute approximate surface area is 221 Å². The minimum Gasteiger partial charge on any atom is -0.205 e. The molecule has 0 N–H and O–H groups in total. The van der Waals surface area contributed by atoms with Crippen LogP contribution < -0.4 is 0 Å². The number of allylic oxidation sites excluding steroid dienone is 2. The fourth-order valence-electron chi connectivity index (χ4n) is 4.26. The number of benzene rings is 4. The molecule has 0 unspecified atom stereocenters. The van der Waals surface area contributed by atoms with Gasteiger partial charge in [-0.05, 0) is 91.6 Å². The highest BCUT2D eigenvalue weighted by Crippen LogP contribution is 2.22. The number of hydrogen-bond acceptors (Lipinski definition) is 0. The van der Waals surface area contributed by atoms with Crippen molar-refractivity contribution in [1.29, 1.82) is 0 Å². The predicted octanol–water partition coefficient (Wildman–Crippen LogP) is 9.02. The lowest BCUT2D eigenvalue weighted by Gasteiger charge is -2.03. The van der Waals surface area contributed by atoms with E-state index < -0.39 is 0 Å². The van der Waals surface area contributed by atoms with Gasteiger partial charge in [0.15, 0.2) is 0 Å². The van der Waals surface area contributed by atoms with E-state index in [1.165, 1.54) is 30.4 Å². The molecule has 4 aromatic carbocycles. The summed E-state index contributed by atoms with van der Waals surface area (Å²) in [7, 11) is 0. The summed E-state index contributed by atoms with van der Waals surface area (Å²) in [6.07, 6.45) is 11.1. The fourth-order valence-corrected chi connectivity index (χ4v) is 4.26. The lowest BCUT2D eigenvalue weighted by atomic mass is 10.0. The summed E-state index contributed by atoms with van der Waals surface area (Å²) in [4.78, 5) is 0. The molecule has 1 heteroatoms.